The van der Waals surface area contributed by atoms with Crippen molar-refractivity contribution in [2.75, 3.05) is 34.2 Å². The standard InChI is InChI=1S/C11H25N3O2/c1-9(8-11(2,12)10(15)16)14(5)7-6-13(3)4/h9H,6-8,12H2,1-5H3,(H,15,16). The molecular weight excluding hydrogens is 206 g/mol. The lowest BCUT2D eigenvalue weighted by Crippen LogP contribution is -2.50. The van der Waals surface area contributed by atoms with Crippen LogP contribution in [0.4, 0.5) is 0 Å². The Morgan fingerprint density at radius 2 is 1.88 bits per heavy atom. The first-order valence-corrected chi connectivity index (χ1v) is 5.54. The number of hydrogen-bond acceptors (Lipinski definition) is 4. The number of nitrogens with two attached hydrogens (primary N) is 1. The van der Waals surface area contributed by atoms with Gasteiger partial charge in [0.1, 0.15) is 5.54 Å². The highest BCUT2D eigenvalue weighted by Gasteiger charge is 2.30. The summed E-state index contributed by atoms with van der Waals surface area (Å²) in [6.45, 7) is 5.42. The minimum Gasteiger partial charge on any atom is -0.480 e. The normalized spacial score (nSPS) is 17.5. The summed E-state index contributed by atoms with van der Waals surface area (Å²) in [7, 11) is 6.03. The molecule has 16 heavy (non-hydrogen) atoms. The number of carbonyl (C=O) groups is 1. The van der Waals surface area contributed by atoms with E-state index in [1.54, 1.807) is 6.92 Å². The van der Waals surface area contributed by atoms with E-state index in [0.717, 1.165) is 13.1 Å². The zero-order chi connectivity index (χ0) is 12.9. The third kappa shape index (κ3) is 5.44. The fourth-order valence-electron chi connectivity index (χ4n) is 1.43. The molecule has 0 radical (unpaired) electrons. The van der Waals surface area contributed by atoms with Crippen LogP contribution in [0.25, 0.3) is 0 Å². The van der Waals surface area contributed by atoms with E-state index < -0.39 is 11.5 Å². The monoisotopic (exact) mass is 231 g/mol. The lowest BCUT2D eigenvalue weighted by atomic mass is 9.94. The van der Waals surface area contributed by atoms with E-state index >= 15 is 0 Å². The fraction of sp³-hybridized carbons (Fsp3) is 0.909. The van der Waals surface area contributed by atoms with Gasteiger partial charge in [-0.1, -0.05) is 0 Å². The van der Waals surface area contributed by atoms with Gasteiger partial charge in [0, 0.05) is 19.1 Å². The molecule has 0 aliphatic heterocycles. The molecule has 0 spiro atoms. The van der Waals surface area contributed by atoms with Gasteiger partial charge in [-0.05, 0) is 41.4 Å². The minimum absolute atomic E-state index is 0.158. The summed E-state index contributed by atoms with van der Waals surface area (Å²) in [4.78, 5) is 15.1. The fourth-order valence-corrected chi connectivity index (χ4v) is 1.43. The van der Waals surface area contributed by atoms with Crippen molar-refractivity contribution in [2.45, 2.75) is 31.8 Å². The molecule has 0 saturated heterocycles. The maximum absolute atomic E-state index is 10.9. The van der Waals surface area contributed by atoms with Crippen molar-refractivity contribution >= 4 is 5.97 Å². The van der Waals surface area contributed by atoms with Crippen molar-refractivity contribution in [3.8, 4) is 0 Å². The number of nitrogens with zero attached hydrogens (tertiary/aromatic N) is 2. The molecule has 0 aliphatic carbocycles. The first-order valence-electron chi connectivity index (χ1n) is 5.54. The molecule has 0 bridgehead atoms. The number of aliphatic carboxylic acids is 1. The minimum atomic E-state index is -1.15. The van der Waals surface area contributed by atoms with Crippen molar-refractivity contribution in [1.82, 2.24) is 9.80 Å². The second kappa shape index (κ2) is 6.18. The van der Waals surface area contributed by atoms with Crippen molar-refractivity contribution in [2.24, 2.45) is 5.73 Å². The maximum Gasteiger partial charge on any atom is 0.323 e. The van der Waals surface area contributed by atoms with Crippen LogP contribution >= 0.6 is 0 Å². The second-order valence-corrected chi connectivity index (χ2v) is 5.06. The molecule has 0 saturated carbocycles. The summed E-state index contributed by atoms with van der Waals surface area (Å²) in [5.41, 5.74) is 4.57. The molecule has 0 aliphatic rings. The van der Waals surface area contributed by atoms with Gasteiger partial charge in [0.2, 0.25) is 0 Å². The summed E-state index contributed by atoms with van der Waals surface area (Å²) in [6, 6.07) is 0.158. The SMILES string of the molecule is CC(CC(C)(N)C(=O)O)N(C)CCN(C)C. The van der Waals surface area contributed by atoms with E-state index in [1.807, 2.05) is 28.1 Å². The van der Waals surface area contributed by atoms with Crippen LogP contribution in [-0.2, 0) is 4.79 Å². The predicted molar refractivity (Wildman–Crippen MR) is 65.5 cm³/mol. The first kappa shape index (κ1) is 15.3. The second-order valence-electron chi connectivity index (χ2n) is 5.06. The molecule has 0 amide bonds. The predicted octanol–water partition coefficient (Wildman–Crippen LogP) is 0.0604. The quantitative estimate of drug-likeness (QED) is 0.648. The Labute approximate surface area is 98.2 Å². The number of rotatable bonds is 7. The van der Waals surface area contributed by atoms with E-state index in [0.29, 0.717) is 6.42 Å². The summed E-state index contributed by atoms with van der Waals surface area (Å²) in [6.07, 6.45) is 0.451. The van der Waals surface area contributed by atoms with Gasteiger partial charge in [0.15, 0.2) is 0 Å². The molecule has 0 aromatic rings. The zero-order valence-corrected chi connectivity index (χ0v) is 11.0. The van der Waals surface area contributed by atoms with Crippen LogP contribution in [0.2, 0.25) is 0 Å². The van der Waals surface area contributed by atoms with Crippen LogP contribution in [0, 0.1) is 0 Å². The average molecular weight is 231 g/mol. The van der Waals surface area contributed by atoms with E-state index in [4.69, 9.17) is 10.8 Å². The molecule has 0 heterocycles. The van der Waals surface area contributed by atoms with Gasteiger partial charge in [0.05, 0.1) is 0 Å². The van der Waals surface area contributed by atoms with E-state index in [9.17, 15) is 4.79 Å². The van der Waals surface area contributed by atoms with Crippen molar-refractivity contribution in [1.29, 1.82) is 0 Å². The molecule has 2 atom stereocenters. The lowest BCUT2D eigenvalue weighted by molar-refractivity contribution is -0.143. The van der Waals surface area contributed by atoms with Crippen molar-refractivity contribution in [3.63, 3.8) is 0 Å². The highest BCUT2D eigenvalue weighted by atomic mass is 16.4. The summed E-state index contributed by atoms with van der Waals surface area (Å²) in [5, 5.41) is 8.94. The van der Waals surface area contributed by atoms with Crippen LogP contribution < -0.4 is 5.73 Å². The highest BCUT2D eigenvalue weighted by Crippen LogP contribution is 2.13. The smallest absolute Gasteiger partial charge is 0.323 e. The topological polar surface area (TPSA) is 69.8 Å². The molecule has 0 aromatic carbocycles. The van der Waals surface area contributed by atoms with Gasteiger partial charge in [-0.15, -0.1) is 0 Å². The number of carboxylic acids is 1. The Bertz CT molecular complexity index is 229. The maximum atomic E-state index is 10.9. The number of carboxylic acid groups (broad SMARTS) is 1. The molecule has 5 nitrogen and oxygen atoms in total. The van der Waals surface area contributed by atoms with Crippen molar-refractivity contribution in [3.05, 3.63) is 0 Å². The first-order chi connectivity index (χ1) is 7.16. The molecule has 2 unspecified atom stereocenters. The Hall–Kier alpha value is -0.650. The van der Waals surface area contributed by atoms with Gasteiger partial charge in [-0.2, -0.15) is 0 Å². The Balaban J connectivity index is 4.14. The largest absolute Gasteiger partial charge is 0.480 e. The summed E-state index contributed by atoms with van der Waals surface area (Å²) < 4.78 is 0. The van der Waals surface area contributed by atoms with Crippen LogP contribution in [0.3, 0.4) is 0 Å². The molecule has 0 aromatic heterocycles. The van der Waals surface area contributed by atoms with Gasteiger partial charge >= 0.3 is 5.97 Å². The van der Waals surface area contributed by atoms with Gasteiger partial charge in [-0.25, -0.2) is 0 Å². The molecule has 0 fully saturated rings. The summed E-state index contributed by atoms with van der Waals surface area (Å²) in [5.74, 6) is -0.944. The van der Waals surface area contributed by atoms with Gasteiger partial charge in [-0.3, -0.25) is 4.79 Å². The number of likely N-dealkylation sites (N-methyl/N-ethyl adjacent to an activating group) is 2. The lowest BCUT2D eigenvalue weighted by Gasteiger charge is -2.30. The Kier molecular flexibility index (Phi) is 5.92. The Morgan fingerprint density at radius 1 is 1.38 bits per heavy atom. The molecule has 96 valence electrons. The van der Waals surface area contributed by atoms with E-state index in [2.05, 4.69) is 9.80 Å². The number of hydrogen-bond donors (Lipinski definition) is 2. The third-order valence-corrected chi connectivity index (χ3v) is 2.86. The van der Waals surface area contributed by atoms with Crippen LogP contribution in [0.15, 0.2) is 0 Å². The Morgan fingerprint density at radius 3 is 2.25 bits per heavy atom. The summed E-state index contributed by atoms with van der Waals surface area (Å²) >= 11 is 0. The molecule has 3 N–H and O–H groups in total. The van der Waals surface area contributed by atoms with Crippen LogP contribution in [0.1, 0.15) is 20.3 Å². The van der Waals surface area contributed by atoms with Crippen LogP contribution in [0.5, 0.6) is 0 Å². The highest BCUT2D eigenvalue weighted by molar-refractivity contribution is 5.77. The average Bonchev–Trinajstić information content (AvgIpc) is 2.12. The molecule has 0 rings (SSSR count). The molecule has 5 heteroatoms. The molecular formula is C11H25N3O2. The van der Waals surface area contributed by atoms with Crippen molar-refractivity contribution < 1.29 is 9.90 Å². The van der Waals surface area contributed by atoms with Gasteiger partial charge in [0.25, 0.3) is 0 Å². The van der Waals surface area contributed by atoms with Gasteiger partial charge < -0.3 is 20.6 Å². The van der Waals surface area contributed by atoms with Crippen LogP contribution in [-0.4, -0.2) is 66.7 Å². The van der Waals surface area contributed by atoms with E-state index in [-0.39, 0.29) is 6.04 Å². The third-order valence-electron chi connectivity index (χ3n) is 2.86. The zero-order valence-electron chi connectivity index (χ0n) is 11.0. The van der Waals surface area contributed by atoms with E-state index in [1.165, 1.54) is 0 Å².